The number of carbonyl (C=O) groups is 2. The fourth-order valence-corrected chi connectivity index (χ4v) is 7.17. The second-order valence-corrected chi connectivity index (χ2v) is 15.0. The van der Waals surface area contributed by atoms with Crippen molar-refractivity contribution in [3.63, 3.8) is 0 Å². The molecule has 0 aliphatic carbocycles. The number of hydrogen-bond acceptors (Lipinski definition) is 8. The van der Waals surface area contributed by atoms with Crippen LogP contribution in [-0.2, 0) is 14.3 Å². The summed E-state index contributed by atoms with van der Waals surface area (Å²) in [6.45, 7) is 5.61. The van der Waals surface area contributed by atoms with E-state index in [-0.39, 0.29) is 18.9 Å². The standard InChI is InChI=1S/C41H79N3O6/c1-4-6-8-10-12-14-16-18-19-20-21-23-25-27-29-31-36(46)44(32-30-28-26-24-22-17-15-13-11-9-7-5-2)41(43)37(38(47)34(3)42)40(49)39(48)35(33-45)50-41/h18-19,34-35,37,39-40,45,48-49H,4-17,20-33,42-43H2,1-3H3/b19-18-/t34-,35+,37+,39+,40+,41-/m0/s1. The molecule has 1 amide bonds. The van der Waals surface area contributed by atoms with E-state index in [1.807, 2.05) is 0 Å². The Morgan fingerprint density at radius 1 is 0.700 bits per heavy atom. The molecule has 0 saturated carbocycles. The fourth-order valence-electron chi connectivity index (χ4n) is 7.17. The third-order valence-electron chi connectivity index (χ3n) is 10.4. The number of rotatable bonds is 32. The molecule has 1 aliphatic heterocycles. The van der Waals surface area contributed by atoms with Crippen molar-refractivity contribution in [1.29, 1.82) is 0 Å². The van der Waals surface area contributed by atoms with Gasteiger partial charge in [0.05, 0.1) is 18.8 Å². The largest absolute Gasteiger partial charge is 0.394 e. The van der Waals surface area contributed by atoms with Crippen molar-refractivity contribution in [2.45, 2.75) is 218 Å². The van der Waals surface area contributed by atoms with E-state index < -0.39 is 48.5 Å². The lowest BCUT2D eigenvalue weighted by molar-refractivity contribution is -0.291. The Bertz CT molecular complexity index is 886. The van der Waals surface area contributed by atoms with Gasteiger partial charge in [0.15, 0.2) is 5.78 Å². The minimum absolute atomic E-state index is 0.236. The van der Waals surface area contributed by atoms with Crippen LogP contribution in [0, 0.1) is 5.92 Å². The van der Waals surface area contributed by atoms with Gasteiger partial charge in [-0.3, -0.25) is 15.3 Å². The SMILES string of the molecule is CCCCCCCC/C=C\CCCCCCCC(=O)N(CCCCCCCCCCCCCC)[C@]1(N)O[C@H](CO)[C@@H](O)[C@H](O)[C@H]1C(=O)[C@H](C)N. The monoisotopic (exact) mass is 710 g/mol. The Morgan fingerprint density at radius 3 is 1.56 bits per heavy atom. The van der Waals surface area contributed by atoms with Crippen LogP contribution in [0.1, 0.15) is 188 Å². The number of Topliss-reactive ketones (excluding diaryl/α,β-unsaturated/α-hetero) is 1. The van der Waals surface area contributed by atoms with Crippen molar-refractivity contribution in [3.05, 3.63) is 12.2 Å². The average Bonchev–Trinajstić information content (AvgIpc) is 3.09. The lowest BCUT2D eigenvalue weighted by atomic mass is 9.80. The zero-order chi connectivity index (χ0) is 37.0. The van der Waals surface area contributed by atoms with Crippen molar-refractivity contribution < 1.29 is 29.6 Å². The molecule has 50 heavy (non-hydrogen) atoms. The van der Waals surface area contributed by atoms with Gasteiger partial charge < -0.3 is 30.7 Å². The molecular weight excluding hydrogens is 630 g/mol. The molecule has 0 aromatic carbocycles. The molecule has 0 spiro atoms. The predicted molar refractivity (Wildman–Crippen MR) is 205 cm³/mol. The molecule has 9 nitrogen and oxygen atoms in total. The molecule has 1 heterocycles. The van der Waals surface area contributed by atoms with Crippen LogP contribution in [0.15, 0.2) is 12.2 Å². The Morgan fingerprint density at radius 2 is 1.12 bits per heavy atom. The average molecular weight is 710 g/mol. The zero-order valence-electron chi connectivity index (χ0n) is 32.5. The third-order valence-corrected chi connectivity index (χ3v) is 10.4. The summed E-state index contributed by atoms with van der Waals surface area (Å²) < 4.78 is 6.00. The number of unbranched alkanes of at least 4 members (excludes halogenated alkanes) is 22. The number of nitrogens with two attached hydrogens (primary N) is 2. The molecule has 0 aromatic heterocycles. The molecule has 0 unspecified atom stereocenters. The highest BCUT2D eigenvalue weighted by Crippen LogP contribution is 2.36. The molecular formula is C41H79N3O6. The molecule has 1 aliphatic rings. The Balaban J connectivity index is 2.68. The number of nitrogens with zero attached hydrogens (tertiary/aromatic N) is 1. The molecule has 7 N–H and O–H groups in total. The minimum atomic E-state index is -2.03. The number of aliphatic hydroxyl groups excluding tert-OH is 3. The van der Waals surface area contributed by atoms with E-state index in [1.54, 1.807) is 0 Å². The normalized spacial score (nSPS) is 23.0. The number of ketones is 1. The first kappa shape index (κ1) is 46.7. The van der Waals surface area contributed by atoms with Gasteiger partial charge in [-0.05, 0) is 45.4 Å². The van der Waals surface area contributed by atoms with Gasteiger partial charge in [-0.2, -0.15) is 0 Å². The predicted octanol–water partition coefficient (Wildman–Crippen LogP) is 7.81. The van der Waals surface area contributed by atoms with Gasteiger partial charge in [0.25, 0.3) is 0 Å². The third kappa shape index (κ3) is 18.4. The van der Waals surface area contributed by atoms with Crippen molar-refractivity contribution in [2.24, 2.45) is 17.4 Å². The fraction of sp³-hybridized carbons (Fsp3) is 0.902. The second kappa shape index (κ2) is 29.1. The number of carbonyl (C=O) groups excluding carboxylic acids is 2. The quantitative estimate of drug-likeness (QED) is 0.0269. The Kier molecular flexibility index (Phi) is 27.2. The summed E-state index contributed by atoms with van der Waals surface area (Å²) in [4.78, 5) is 28.5. The minimum Gasteiger partial charge on any atom is -0.394 e. The summed E-state index contributed by atoms with van der Waals surface area (Å²) in [6, 6.07) is -0.993. The smallest absolute Gasteiger partial charge is 0.225 e. The number of hydrogen-bond donors (Lipinski definition) is 5. The van der Waals surface area contributed by atoms with Crippen molar-refractivity contribution in [2.75, 3.05) is 13.2 Å². The highest BCUT2D eigenvalue weighted by atomic mass is 16.6. The highest BCUT2D eigenvalue weighted by molar-refractivity contribution is 5.88. The molecule has 6 atom stereocenters. The van der Waals surface area contributed by atoms with Gasteiger partial charge in [-0.1, -0.05) is 148 Å². The summed E-state index contributed by atoms with van der Waals surface area (Å²) in [5, 5.41) is 31.7. The van der Waals surface area contributed by atoms with E-state index in [0.717, 1.165) is 51.4 Å². The number of allylic oxidation sites excluding steroid dienone is 2. The van der Waals surface area contributed by atoms with Gasteiger partial charge in [-0.25, -0.2) is 0 Å². The number of amides is 1. The van der Waals surface area contributed by atoms with Crippen LogP contribution in [0.5, 0.6) is 0 Å². The molecule has 1 saturated heterocycles. The van der Waals surface area contributed by atoms with Crippen molar-refractivity contribution in [1.82, 2.24) is 4.90 Å². The van der Waals surface area contributed by atoms with Gasteiger partial charge in [0.2, 0.25) is 11.8 Å². The molecule has 1 rings (SSSR count). The molecule has 0 radical (unpaired) electrons. The maximum atomic E-state index is 13.8. The van der Waals surface area contributed by atoms with E-state index in [0.29, 0.717) is 12.8 Å². The van der Waals surface area contributed by atoms with Crippen LogP contribution in [0.4, 0.5) is 0 Å². The summed E-state index contributed by atoms with van der Waals surface area (Å²) in [6.07, 6.45) is 29.5. The van der Waals surface area contributed by atoms with Crippen LogP contribution in [0.2, 0.25) is 0 Å². The molecule has 1 fully saturated rings. The van der Waals surface area contributed by atoms with E-state index in [4.69, 9.17) is 16.2 Å². The molecule has 294 valence electrons. The van der Waals surface area contributed by atoms with Crippen molar-refractivity contribution >= 4 is 11.7 Å². The zero-order valence-corrected chi connectivity index (χ0v) is 32.5. The second-order valence-electron chi connectivity index (χ2n) is 15.0. The van der Waals surface area contributed by atoms with Crippen LogP contribution in [0.25, 0.3) is 0 Å². The number of ether oxygens (including phenoxy) is 1. The van der Waals surface area contributed by atoms with Gasteiger partial charge in [-0.15, -0.1) is 0 Å². The van der Waals surface area contributed by atoms with Crippen LogP contribution in [-0.4, -0.2) is 75.3 Å². The maximum absolute atomic E-state index is 13.8. The maximum Gasteiger partial charge on any atom is 0.225 e. The van der Waals surface area contributed by atoms with Gasteiger partial charge in [0, 0.05) is 13.0 Å². The van der Waals surface area contributed by atoms with Gasteiger partial charge in [0.1, 0.15) is 18.1 Å². The van der Waals surface area contributed by atoms with Crippen LogP contribution >= 0.6 is 0 Å². The first-order valence-corrected chi connectivity index (χ1v) is 20.8. The van der Waals surface area contributed by atoms with E-state index in [9.17, 15) is 24.9 Å². The first-order valence-electron chi connectivity index (χ1n) is 20.8. The number of aliphatic hydroxyl groups is 3. The van der Waals surface area contributed by atoms with Gasteiger partial charge >= 0.3 is 0 Å². The first-order chi connectivity index (χ1) is 24.1. The lowest BCUT2D eigenvalue weighted by Gasteiger charge is -2.53. The lowest BCUT2D eigenvalue weighted by Crippen LogP contribution is -2.76. The van der Waals surface area contributed by atoms with E-state index in [1.165, 1.54) is 108 Å². The van der Waals surface area contributed by atoms with Crippen LogP contribution < -0.4 is 11.5 Å². The van der Waals surface area contributed by atoms with E-state index >= 15 is 0 Å². The Labute approximate surface area is 306 Å². The summed E-state index contributed by atoms with van der Waals surface area (Å²) in [5.41, 5.74) is 12.8. The summed E-state index contributed by atoms with van der Waals surface area (Å²) in [5.74, 6) is -4.33. The highest BCUT2D eigenvalue weighted by Gasteiger charge is 2.59. The van der Waals surface area contributed by atoms with Crippen molar-refractivity contribution in [3.8, 4) is 0 Å². The molecule has 0 bridgehead atoms. The molecule has 0 aromatic rings. The Hall–Kier alpha value is -1.36. The molecule has 9 heteroatoms. The summed E-state index contributed by atoms with van der Waals surface area (Å²) >= 11 is 0. The summed E-state index contributed by atoms with van der Waals surface area (Å²) in [7, 11) is 0. The topological polar surface area (TPSA) is 159 Å². The van der Waals surface area contributed by atoms with E-state index in [2.05, 4.69) is 26.0 Å². The van der Waals surface area contributed by atoms with Crippen LogP contribution in [0.3, 0.4) is 0 Å².